The summed E-state index contributed by atoms with van der Waals surface area (Å²) in [6.07, 6.45) is 19.3. The summed E-state index contributed by atoms with van der Waals surface area (Å²) >= 11 is 0. The molecule has 0 radical (unpaired) electrons. The average molecular weight is 370 g/mol. The highest BCUT2D eigenvalue weighted by Gasteiger charge is 2.28. The average Bonchev–Trinajstić information content (AvgIpc) is 2.59. The van der Waals surface area contributed by atoms with Gasteiger partial charge < -0.3 is 14.4 Å². The highest BCUT2D eigenvalue weighted by molar-refractivity contribution is 5.65. The maximum absolute atomic E-state index is 11.3. The molecule has 0 rings (SSSR count). The molecule has 0 saturated heterocycles. The fraction of sp³-hybridized carbons (Fsp3) is 0.957. The van der Waals surface area contributed by atoms with Gasteiger partial charge in [-0.05, 0) is 32.6 Å². The molecule has 0 aliphatic rings. The molecule has 0 fully saturated rings. The Kier molecular flexibility index (Phi) is 16.2. The minimum absolute atomic E-state index is 0.160. The lowest BCUT2D eigenvalue weighted by Gasteiger charge is -2.40. The third kappa shape index (κ3) is 13.6. The van der Waals surface area contributed by atoms with E-state index in [4.69, 9.17) is 0 Å². The van der Waals surface area contributed by atoms with Crippen molar-refractivity contribution < 1.29 is 14.4 Å². The number of rotatable bonds is 19. The summed E-state index contributed by atoms with van der Waals surface area (Å²) in [7, 11) is 2.12. The van der Waals surface area contributed by atoms with Gasteiger partial charge in [0.05, 0.1) is 25.6 Å². The molecule has 3 nitrogen and oxygen atoms in total. The molecule has 0 aromatic heterocycles. The van der Waals surface area contributed by atoms with E-state index in [0.717, 1.165) is 19.4 Å². The molecule has 0 aliphatic carbocycles. The molecule has 0 N–H and O–H groups in total. The SMILES string of the molecule is CCCCCCCCCC[N+](C)(CC(=O)[O-])C(C)CCCCCCCC. The van der Waals surface area contributed by atoms with Crippen molar-refractivity contribution in [2.45, 2.75) is 123 Å². The Morgan fingerprint density at radius 3 is 1.65 bits per heavy atom. The smallest absolute Gasteiger partial charge is 0.119 e. The Balaban J connectivity index is 4.09. The minimum Gasteiger partial charge on any atom is -0.544 e. The van der Waals surface area contributed by atoms with Crippen molar-refractivity contribution in [1.29, 1.82) is 0 Å². The van der Waals surface area contributed by atoms with Crippen LogP contribution in [0.3, 0.4) is 0 Å². The Hall–Kier alpha value is -0.570. The van der Waals surface area contributed by atoms with Crippen LogP contribution < -0.4 is 5.11 Å². The molecule has 0 spiro atoms. The van der Waals surface area contributed by atoms with E-state index in [-0.39, 0.29) is 6.54 Å². The number of carboxylic acid groups (broad SMARTS) is 1. The fourth-order valence-electron chi connectivity index (χ4n) is 3.89. The number of likely N-dealkylation sites (N-methyl/N-ethyl adjacent to an activating group) is 1. The van der Waals surface area contributed by atoms with Crippen LogP contribution >= 0.6 is 0 Å². The van der Waals surface area contributed by atoms with Gasteiger partial charge in [-0.1, -0.05) is 84.5 Å². The number of hydrogen-bond donors (Lipinski definition) is 0. The van der Waals surface area contributed by atoms with E-state index in [9.17, 15) is 9.90 Å². The Morgan fingerprint density at radius 2 is 1.19 bits per heavy atom. The van der Waals surface area contributed by atoms with Crippen LogP contribution in [0.2, 0.25) is 0 Å². The van der Waals surface area contributed by atoms with Crippen LogP contribution in [0.15, 0.2) is 0 Å². The lowest BCUT2D eigenvalue weighted by atomic mass is 10.0. The number of carboxylic acids is 1. The summed E-state index contributed by atoms with van der Waals surface area (Å²) in [5.41, 5.74) is 0. The first kappa shape index (κ1) is 25.4. The van der Waals surface area contributed by atoms with Crippen molar-refractivity contribution in [1.82, 2.24) is 0 Å². The van der Waals surface area contributed by atoms with Gasteiger partial charge in [0.2, 0.25) is 0 Å². The number of quaternary nitrogens is 1. The number of carbonyl (C=O) groups excluding carboxylic acids is 1. The third-order valence-corrected chi connectivity index (χ3v) is 6.05. The Labute approximate surface area is 164 Å². The van der Waals surface area contributed by atoms with Gasteiger partial charge in [0.25, 0.3) is 0 Å². The van der Waals surface area contributed by atoms with E-state index in [2.05, 4.69) is 27.8 Å². The molecule has 26 heavy (non-hydrogen) atoms. The van der Waals surface area contributed by atoms with Crippen LogP contribution in [0.5, 0.6) is 0 Å². The first-order chi connectivity index (χ1) is 12.5. The van der Waals surface area contributed by atoms with E-state index in [1.807, 2.05) is 0 Å². The van der Waals surface area contributed by atoms with Crippen LogP contribution in [0.4, 0.5) is 0 Å². The van der Waals surface area contributed by atoms with Crippen molar-refractivity contribution in [2.75, 3.05) is 20.1 Å². The summed E-state index contributed by atoms with van der Waals surface area (Å²) in [5, 5.41) is 11.3. The van der Waals surface area contributed by atoms with Gasteiger partial charge in [0.15, 0.2) is 0 Å². The van der Waals surface area contributed by atoms with E-state index >= 15 is 0 Å². The second kappa shape index (κ2) is 16.6. The van der Waals surface area contributed by atoms with Gasteiger partial charge in [0.1, 0.15) is 6.54 Å². The third-order valence-electron chi connectivity index (χ3n) is 6.05. The molecule has 0 bridgehead atoms. The van der Waals surface area contributed by atoms with Crippen LogP contribution in [0.1, 0.15) is 117 Å². The first-order valence-electron chi connectivity index (χ1n) is 11.5. The van der Waals surface area contributed by atoms with Gasteiger partial charge in [-0.3, -0.25) is 0 Å². The number of hydrogen-bond acceptors (Lipinski definition) is 2. The molecule has 0 aromatic rings. The zero-order valence-corrected chi connectivity index (χ0v) is 18.4. The van der Waals surface area contributed by atoms with E-state index in [0.29, 0.717) is 10.5 Å². The zero-order chi connectivity index (χ0) is 19.7. The topological polar surface area (TPSA) is 40.1 Å². The molecule has 2 atom stereocenters. The second-order valence-corrected chi connectivity index (χ2v) is 8.61. The molecular weight excluding hydrogens is 322 g/mol. The molecule has 3 heteroatoms. The van der Waals surface area contributed by atoms with E-state index < -0.39 is 5.97 Å². The first-order valence-corrected chi connectivity index (χ1v) is 11.5. The maximum atomic E-state index is 11.3. The van der Waals surface area contributed by atoms with Gasteiger partial charge in [-0.15, -0.1) is 0 Å². The van der Waals surface area contributed by atoms with Crippen molar-refractivity contribution in [3.8, 4) is 0 Å². The van der Waals surface area contributed by atoms with Gasteiger partial charge in [-0.25, -0.2) is 0 Å². The predicted molar refractivity (Wildman–Crippen MR) is 111 cm³/mol. The molecule has 0 aromatic carbocycles. The van der Waals surface area contributed by atoms with Crippen LogP contribution in [-0.2, 0) is 4.79 Å². The quantitative estimate of drug-likeness (QED) is 0.224. The summed E-state index contributed by atoms with van der Waals surface area (Å²) < 4.78 is 0.646. The summed E-state index contributed by atoms with van der Waals surface area (Å²) in [4.78, 5) is 11.3. The lowest BCUT2D eigenvalue weighted by molar-refractivity contribution is -0.927. The number of carbonyl (C=O) groups is 1. The predicted octanol–water partition coefficient (Wildman–Crippen LogP) is 5.46. The van der Waals surface area contributed by atoms with Crippen molar-refractivity contribution in [2.24, 2.45) is 0 Å². The highest BCUT2D eigenvalue weighted by Crippen LogP contribution is 2.19. The normalized spacial score (nSPS) is 14.9. The highest BCUT2D eigenvalue weighted by atomic mass is 16.4. The molecule has 0 heterocycles. The fourth-order valence-corrected chi connectivity index (χ4v) is 3.89. The molecule has 156 valence electrons. The molecular formula is C23H47NO2. The lowest BCUT2D eigenvalue weighted by Crippen LogP contribution is -2.56. The van der Waals surface area contributed by atoms with Crippen molar-refractivity contribution >= 4 is 5.97 Å². The monoisotopic (exact) mass is 369 g/mol. The minimum atomic E-state index is -0.901. The summed E-state index contributed by atoms with van der Waals surface area (Å²) in [6, 6.07) is 0.406. The Bertz CT molecular complexity index is 332. The Morgan fingerprint density at radius 1 is 0.769 bits per heavy atom. The second-order valence-electron chi connectivity index (χ2n) is 8.61. The van der Waals surface area contributed by atoms with Crippen LogP contribution in [0, 0.1) is 0 Å². The standard InChI is InChI=1S/C23H47NO2/c1-5-7-9-11-13-14-16-18-20-24(4,21-23(25)26)22(3)19-17-15-12-10-8-6-2/h22H,5-21H2,1-4H3. The van der Waals surface area contributed by atoms with Gasteiger partial charge in [-0.2, -0.15) is 0 Å². The van der Waals surface area contributed by atoms with Crippen LogP contribution in [0.25, 0.3) is 0 Å². The summed E-state index contributed by atoms with van der Waals surface area (Å²) in [5.74, 6) is -0.901. The maximum Gasteiger partial charge on any atom is 0.119 e. The number of unbranched alkanes of at least 4 members (excludes halogenated alkanes) is 12. The molecule has 0 amide bonds. The zero-order valence-electron chi connectivity index (χ0n) is 18.4. The van der Waals surface area contributed by atoms with Crippen molar-refractivity contribution in [3.05, 3.63) is 0 Å². The van der Waals surface area contributed by atoms with Gasteiger partial charge in [0, 0.05) is 0 Å². The largest absolute Gasteiger partial charge is 0.544 e. The van der Waals surface area contributed by atoms with Crippen molar-refractivity contribution in [3.63, 3.8) is 0 Å². The molecule has 0 aliphatic heterocycles. The van der Waals surface area contributed by atoms with E-state index in [1.165, 1.54) is 83.5 Å². The molecule has 0 saturated carbocycles. The van der Waals surface area contributed by atoms with Crippen LogP contribution in [-0.4, -0.2) is 36.6 Å². The number of aliphatic carboxylic acids is 1. The van der Waals surface area contributed by atoms with E-state index in [1.54, 1.807) is 0 Å². The number of nitrogens with zero attached hydrogens (tertiary/aromatic N) is 1. The van der Waals surface area contributed by atoms with Gasteiger partial charge >= 0.3 is 0 Å². The molecule has 2 unspecified atom stereocenters. The summed E-state index contributed by atoms with van der Waals surface area (Å²) in [6.45, 7) is 7.87.